The number of hydrogen-bond donors (Lipinski definition) is 3. The largest absolute Gasteiger partial charge is 0.525 e. The lowest BCUT2D eigenvalue weighted by Crippen LogP contribution is -2.04. The Balaban J connectivity index is 4.47. The number of carboxylic acid groups (broad SMARTS) is 1. The van der Waals surface area contributed by atoms with Gasteiger partial charge in [0.1, 0.15) is 6.67 Å². The molecule has 0 aliphatic carbocycles. The summed E-state index contributed by atoms with van der Waals surface area (Å²) in [7, 11) is -4.92. The summed E-state index contributed by atoms with van der Waals surface area (Å²) in [5, 5.41) is 8.16. The Labute approximate surface area is 66.5 Å². The fourth-order valence-corrected chi connectivity index (χ4v) is 0.771. The molecule has 0 aromatic heterocycles. The predicted molar refractivity (Wildman–Crippen MR) is 34.8 cm³/mol. The topological polar surface area (TPSA) is 104 Å². The van der Waals surface area contributed by atoms with Crippen LogP contribution < -0.4 is 0 Å². The van der Waals surface area contributed by atoms with Gasteiger partial charge in [-0.25, -0.2) is 13.8 Å². The summed E-state index contributed by atoms with van der Waals surface area (Å²) < 4.78 is 25.2. The molecule has 0 atom stereocenters. The molecule has 0 unspecified atom stereocenters. The number of alkyl halides is 1. The summed E-state index contributed by atoms with van der Waals surface area (Å²) in [4.78, 5) is 26.3. The maximum Gasteiger partial charge on any atom is 0.525 e. The number of aliphatic carboxylic acids is 1. The quantitative estimate of drug-likeness (QED) is 0.336. The van der Waals surface area contributed by atoms with Gasteiger partial charge in [0, 0.05) is 0 Å². The summed E-state index contributed by atoms with van der Waals surface area (Å²) in [6.45, 7) is -1.18. The van der Waals surface area contributed by atoms with E-state index >= 15 is 0 Å². The van der Waals surface area contributed by atoms with E-state index in [0.29, 0.717) is 6.08 Å². The van der Waals surface area contributed by atoms with Crippen LogP contribution in [0, 0.1) is 0 Å². The first-order valence-corrected chi connectivity index (χ1v) is 4.14. The molecule has 0 amide bonds. The smallest absolute Gasteiger partial charge is 0.475 e. The van der Waals surface area contributed by atoms with Gasteiger partial charge in [-0.15, -0.1) is 0 Å². The van der Waals surface area contributed by atoms with E-state index < -0.39 is 26.2 Å². The number of allylic oxidation sites excluding steroid dienone is 1. The first kappa shape index (κ1) is 11.1. The minimum absolute atomic E-state index is 0.404. The number of phosphoric acid groups is 1. The van der Waals surface area contributed by atoms with Crippen molar-refractivity contribution in [3.05, 3.63) is 11.8 Å². The van der Waals surface area contributed by atoms with E-state index in [2.05, 4.69) is 4.52 Å². The average molecular weight is 200 g/mol. The molecule has 70 valence electrons. The highest BCUT2D eigenvalue weighted by Gasteiger charge is 2.21. The monoisotopic (exact) mass is 200 g/mol. The fraction of sp³-hybridized carbons (Fsp3) is 0.250. The molecule has 0 saturated carbocycles. The van der Waals surface area contributed by atoms with Crippen LogP contribution in [0.5, 0.6) is 0 Å². The fourth-order valence-electron chi connectivity index (χ4n) is 0.362. The molecule has 12 heavy (non-hydrogen) atoms. The van der Waals surface area contributed by atoms with Crippen molar-refractivity contribution < 1.29 is 33.2 Å². The van der Waals surface area contributed by atoms with E-state index in [1.165, 1.54) is 0 Å². The summed E-state index contributed by atoms with van der Waals surface area (Å²) in [5.41, 5.74) is 0. The lowest BCUT2D eigenvalue weighted by atomic mass is 10.5. The molecule has 0 saturated heterocycles. The standard InChI is InChI=1S/C4H6FO6P/c5-2-1-3(4(6)7)11-12(8,9)10/h1H,2H2,(H,6,7)(H2,8,9,10)/b3-1-. The van der Waals surface area contributed by atoms with Crippen molar-refractivity contribution in [3.63, 3.8) is 0 Å². The zero-order valence-corrected chi connectivity index (χ0v) is 6.57. The van der Waals surface area contributed by atoms with Gasteiger partial charge in [0.2, 0.25) is 5.76 Å². The van der Waals surface area contributed by atoms with Crippen molar-refractivity contribution in [3.8, 4) is 0 Å². The highest BCUT2D eigenvalue weighted by molar-refractivity contribution is 7.46. The third-order valence-electron chi connectivity index (χ3n) is 0.691. The Morgan fingerprint density at radius 1 is 1.58 bits per heavy atom. The second-order valence-corrected chi connectivity index (χ2v) is 2.77. The molecule has 6 nitrogen and oxygen atoms in total. The number of phosphoric ester groups is 1. The Kier molecular flexibility index (Phi) is 3.88. The second-order valence-electron chi connectivity index (χ2n) is 1.61. The Morgan fingerprint density at radius 3 is 2.33 bits per heavy atom. The molecular weight excluding hydrogens is 194 g/mol. The molecule has 0 spiro atoms. The summed E-state index contributed by atoms with van der Waals surface area (Å²) in [5.74, 6) is -2.85. The minimum atomic E-state index is -4.92. The number of halogens is 1. The normalized spacial score (nSPS) is 12.8. The first-order valence-electron chi connectivity index (χ1n) is 2.61. The van der Waals surface area contributed by atoms with E-state index in [1.54, 1.807) is 0 Å². The zero-order valence-electron chi connectivity index (χ0n) is 5.68. The Hall–Kier alpha value is -0.910. The Morgan fingerprint density at radius 2 is 2.08 bits per heavy atom. The van der Waals surface area contributed by atoms with Gasteiger partial charge in [0.05, 0.1) is 0 Å². The highest BCUT2D eigenvalue weighted by atomic mass is 31.2. The Bertz CT molecular complexity index is 242. The molecule has 0 bridgehead atoms. The van der Waals surface area contributed by atoms with Gasteiger partial charge in [-0.3, -0.25) is 9.79 Å². The molecule has 0 aromatic rings. The van der Waals surface area contributed by atoms with Gasteiger partial charge in [-0.1, -0.05) is 0 Å². The van der Waals surface area contributed by atoms with Crippen LogP contribution in [-0.4, -0.2) is 27.5 Å². The second kappa shape index (κ2) is 4.20. The first-order chi connectivity index (χ1) is 5.37. The van der Waals surface area contributed by atoms with E-state index in [9.17, 15) is 13.8 Å². The summed E-state index contributed by atoms with van der Waals surface area (Å²) in [6, 6.07) is 0. The molecular formula is C4H6FO6P. The van der Waals surface area contributed by atoms with Crippen molar-refractivity contribution in [2.75, 3.05) is 6.67 Å². The third kappa shape index (κ3) is 4.84. The molecule has 8 heteroatoms. The number of rotatable bonds is 4. The van der Waals surface area contributed by atoms with Gasteiger partial charge in [0.25, 0.3) is 0 Å². The van der Waals surface area contributed by atoms with E-state index in [0.717, 1.165) is 0 Å². The van der Waals surface area contributed by atoms with Crippen LogP contribution in [-0.2, 0) is 13.9 Å². The minimum Gasteiger partial charge on any atom is -0.475 e. The number of carboxylic acids is 1. The van der Waals surface area contributed by atoms with Crippen molar-refractivity contribution in [2.24, 2.45) is 0 Å². The molecule has 0 aromatic carbocycles. The average Bonchev–Trinajstić information content (AvgIpc) is 1.83. The van der Waals surface area contributed by atoms with Gasteiger partial charge in [-0.05, 0) is 6.08 Å². The van der Waals surface area contributed by atoms with Crippen molar-refractivity contribution in [2.45, 2.75) is 0 Å². The van der Waals surface area contributed by atoms with Gasteiger partial charge < -0.3 is 9.63 Å². The SMILES string of the molecule is O=C(O)/C(=C/CF)OP(=O)(O)O. The van der Waals surface area contributed by atoms with Gasteiger partial charge in [0.15, 0.2) is 0 Å². The molecule has 0 radical (unpaired) electrons. The lowest BCUT2D eigenvalue weighted by Gasteiger charge is -2.05. The number of carbonyl (C=O) groups is 1. The molecule has 0 aliphatic rings. The van der Waals surface area contributed by atoms with Crippen molar-refractivity contribution >= 4 is 13.8 Å². The van der Waals surface area contributed by atoms with Crippen LogP contribution in [0.4, 0.5) is 4.39 Å². The van der Waals surface area contributed by atoms with Crippen LogP contribution >= 0.6 is 7.82 Å². The van der Waals surface area contributed by atoms with Crippen LogP contribution in [0.25, 0.3) is 0 Å². The van der Waals surface area contributed by atoms with Crippen LogP contribution in [0.2, 0.25) is 0 Å². The molecule has 0 aliphatic heterocycles. The van der Waals surface area contributed by atoms with Crippen molar-refractivity contribution in [1.29, 1.82) is 0 Å². The molecule has 0 rings (SSSR count). The van der Waals surface area contributed by atoms with Gasteiger partial charge >= 0.3 is 13.8 Å². The highest BCUT2D eigenvalue weighted by Crippen LogP contribution is 2.38. The maximum absolute atomic E-state index is 11.5. The molecule has 0 fully saturated rings. The third-order valence-corrected chi connectivity index (χ3v) is 1.13. The summed E-state index contributed by atoms with van der Waals surface area (Å²) >= 11 is 0. The van der Waals surface area contributed by atoms with E-state index in [-0.39, 0.29) is 0 Å². The molecule has 3 N–H and O–H groups in total. The maximum atomic E-state index is 11.5. The molecule has 0 heterocycles. The number of hydrogen-bond acceptors (Lipinski definition) is 3. The predicted octanol–water partition coefficient (Wildman–Crippen LogP) is 0.0337. The van der Waals surface area contributed by atoms with Gasteiger partial charge in [-0.2, -0.15) is 0 Å². The van der Waals surface area contributed by atoms with E-state index in [4.69, 9.17) is 14.9 Å². The van der Waals surface area contributed by atoms with Crippen LogP contribution in [0.3, 0.4) is 0 Å². The van der Waals surface area contributed by atoms with Crippen LogP contribution in [0.1, 0.15) is 0 Å². The van der Waals surface area contributed by atoms with Crippen LogP contribution in [0.15, 0.2) is 11.8 Å². The van der Waals surface area contributed by atoms with E-state index in [1.807, 2.05) is 0 Å². The summed E-state index contributed by atoms with van der Waals surface area (Å²) in [6.07, 6.45) is 0.404. The lowest BCUT2D eigenvalue weighted by molar-refractivity contribution is -0.135. The van der Waals surface area contributed by atoms with Crippen molar-refractivity contribution in [1.82, 2.24) is 0 Å². The zero-order chi connectivity index (χ0) is 9.78.